The highest BCUT2D eigenvalue weighted by Crippen LogP contribution is 2.31. The SMILES string of the molecule is CC(=O)c1cccc(NC(=O)[C@@H](C)Oc2ccc(-c3ccccc3)cc2Cl)c1. The van der Waals surface area contributed by atoms with Crippen molar-refractivity contribution in [3.63, 3.8) is 0 Å². The third kappa shape index (κ3) is 4.78. The summed E-state index contributed by atoms with van der Waals surface area (Å²) in [5.74, 6) is 0.0380. The molecule has 142 valence electrons. The van der Waals surface area contributed by atoms with E-state index in [4.69, 9.17) is 16.3 Å². The van der Waals surface area contributed by atoms with Gasteiger partial charge in [-0.25, -0.2) is 0 Å². The van der Waals surface area contributed by atoms with Gasteiger partial charge < -0.3 is 10.1 Å². The lowest BCUT2D eigenvalue weighted by Gasteiger charge is -2.16. The second kappa shape index (κ2) is 8.72. The fourth-order valence-corrected chi connectivity index (χ4v) is 2.94. The molecule has 3 aromatic rings. The topological polar surface area (TPSA) is 55.4 Å². The van der Waals surface area contributed by atoms with Gasteiger partial charge in [0, 0.05) is 11.3 Å². The predicted octanol–water partition coefficient (Wildman–Crippen LogP) is 5.62. The molecule has 0 bridgehead atoms. The zero-order valence-electron chi connectivity index (χ0n) is 15.6. The van der Waals surface area contributed by atoms with E-state index < -0.39 is 6.10 Å². The molecule has 5 heteroatoms. The second-order valence-corrected chi connectivity index (χ2v) is 6.80. The number of rotatable bonds is 6. The quantitative estimate of drug-likeness (QED) is 0.553. The summed E-state index contributed by atoms with van der Waals surface area (Å²) >= 11 is 6.35. The number of ketones is 1. The molecule has 28 heavy (non-hydrogen) atoms. The first kappa shape index (κ1) is 19.6. The van der Waals surface area contributed by atoms with Gasteiger partial charge in [-0.3, -0.25) is 9.59 Å². The van der Waals surface area contributed by atoms with E-state index in [9.17, 15) is 9.59 Å². The summed E-state index contributed by atoms with van der Waals surface area (Å²) in [6.45, 7) is 3.12. The molecule has 4 nitrogen and oxygen atoms in total. The number of ether oxygens (including phenoxy) is 1. The highest BCUT2D eigenvalue weighted by Gasteiger charge is 2.17. The van der Waals surface area contributed by atoms with Crippen molar-refractivity contribution >= 4 is 29.0 Å². The van der Waals surface area contributed by atoms with Gasteiger partial charge in [-0.2, -0.15) is 0 Å². The van der Waals surface area contributed by atoms with E-state index in [-0.39, 0.29) is 11.7 Å². The van der Waals surface area contributed by atoms with Crippen LogP contribution < -0.4 is 10.1 Å². The lowest BCUT2D eigenvalue weighted by atomic mass is 10.1. The van der Waals surface area contributed by atoms with Gasteiger partial charge >= 0.3 is 0 Å². The van der Waals surface area contributed by atoms with Crippen molar-refractivity contribution in [2.75, 3.05) is 5.32 Å². The fraction of sp³-hybridized carbons (Fsp3) is 0.130. The Morgan fingerprint density at radius 1 is 0.929 bits per heavy atom. The number of carbonyl (C=O) groups excluding carboxylic acids is 2. The Labute approximate surface area is 169 Å². The van der Waals surface area contributed by atoms with Crippen LogP contribution in [0, 0.1) is 0 Å². The van der Waals surface area contributed by atoms with Crippen LogP contribution in [-0.2, 0) is 4.79 Å². The first-order chi connectivity index (χ1) is 13.4. The van der Waals surface area contributed by atoms with Crippen molar-refractivity contribution in [2.45, 2.75) is 20.0 Å². The van der Waals surface area contributed by atoms with Gasteiger partial charge in [0.1, 0.15) is 5.75 Å². The number of anilines is 1. The predicted molar refractivity (Wildman–Crippen MR) is 112 cm³/mol. The van der Waals surface area contributed by atoms with E-state index in [1.165, 1.54) is 6.92 Å². The van der Waals surface area contributed by atoms with Gasteiger partial charge in [0.25, 0.3) is 5.91 Å². The maximum Gasteiger partial charge on any atom is 0.265 e. The van der Waals surface area contributed by atoms with Crippen LogP contribution in [0.3, 0.4) is 0 Å². The molecule has 3 aromatic carbocycles. The van der Waals surface area contributed by atoms with E-state index in [1.54, 1.807) is 37.3 Å². The summed E-state index contributed by atoms with van der Waals surface area (Å²) < 4.78 is 5.74. The van der Waals surface area contributed by atoms with Gasteiger partial charge in [0.2, 0.25) is 0 Å². The molecule has 0 aliphatic rings. The van der Waals surface area contributed by atoms with Gasteiger partial charge in [-0.15, -0.1) is 0 Å². The minimum atomic E-state index is -0.763. The van der Waals surface area contributed by atoms with Crippen LogP contribution in [0.2, 0.25) is 5.02 Å². The molecule has 0 saturated heterocycles. The Morgan fingerprint density at radius 2 is 1.68 bits per heavy atom. The number of hydrogen-bond donors (Lipinski definition) is 1. The zero-order chi connectivity index (χ0) is 20.1. The molecule has 0 radical (unpaired) electrons. The van der Waals surface area contributed by atoms with Crippen LogP contribution in [0.5, 0.6) is 5.75 Å². The smallest absolute Gasteiger partial charge is 0.265 e. The first-order valence-electron chi connectivity index (χ1n) is 8.87. The standard InChI is InChI=1S/C23H20ClNO3/c1-15(26)18-9-6-10-20(13-18)25-23(27)16(2)28-22-12-11-19(14-21(22)24)17-7-4-3-5-8-17/h3-14,16H,1-2H3,(H,25,27)/t16-/m1/s1. The number of Topliss-reactive ketones (excluding diaryl/α,β-unsaturated/α-hetero) is 1. The van der Waals surface area contributed by atoms with Gasteiger partial charge in [0.05, 0.1) is 5.02 Å². The van der Waals surface area contributed by atoms with Crippen molar-refractivity contribution in [3.05, 3.63) is 83.4 Å². The Kier molecular flexibility index (Phi) is 6.12. The average molecular weight is 394 g/mol. The summed E-state index contributed by atoms with van der Waals surface area (Å²) in [5.41, 5.74) is 3.09. The minimum Gasteiger partial charge on any atom is -0.479 e. The molecule has 1 amide bonds. The molecule has 3 rings (SSSR count). The number of halogens is 1. The van der Waals surface area contributed by atoms with Crippen molar-refractivity contribution in [3.8, 4) is 16.9 Å². The van der Waals surface area contributed by atoms with Crippen molar-refractivity contribution in [1.82, 2.24) is 0 Å². The van der Waals surface area contributed by atoms with E-state index in [0.29, 0.717) is 22.0 Å². The average Bonchev–Trinajstić information content (AvgIpc) is 2.70. The zero-order valence-corrected chi connectivity index (χ0v) is 16.4. The lowest BCUT2D eigenvalue weighted by Crippen LogP contribution is -2.30. The third-order valence-electron chi connectivity index (χ3n) is 4.25. The van der Waals surface area contributed by atoms with Crippen LogP contribution in [0.25, 0.3) is 11.1 Å². The monoisotopic (exact) mass is 393 g/mol. The van der Waals surface area contributed by atoms with Crippen LogP contribution in [-0.4, -0.2) is 17.8 Å². The minimum absolute atomic E-state index is 0.0642. The van der Waals surface area contributed by atoms with E-state index >= 15 is 0 Å². The number of amides is 1. The molecule has 0 aliphatic carbocycles. The second-order valence-electron chi connectivity index (χ2n) is 6.40. The Hall–Kier alpha value is -3.11. The van der Waals surface area contributed by atoms with E-state index in [2.05, 4.69) is 5.32 Å². The van der Waals surface area contributed by atoms with Crippen LogP contribution in [0.4, 0.5) is 5.69 Å². The Balaban J connectivity index is 1.68. The lowest BCUT2D eigenvalue weighted by molar-refractivity contribution is -0.122. The molecule has 1 N–H and O–H groups in total. The first-order valence-corrected chi connectivity index (χ1v) is 9.25. The number of benzene rings is 3. The molecule has 0 saturated carbocycles. The van der Waals surface area contributed by atoms with Crippen molar-refractivity contribution in [2.24, 2.45) is 0 Å². The van der Waals surface area contributed by atoms with E-state index in [0.717, 1.165) is 11.1 Å². The highest BCUT2D eigenvalue weighted by atomic mass is 35.5. The van der Waals surface area contributed by atoms with Crippen LogP contribution in [0.1, 0.15) is 24.2 Å². The number of carbonyl (C=O) groups is 2. The van der Waals surface area contributed by atoms with Gasteiger partial charge in [-0.05, 0) is 49.2 Å². The van der Waals surface area contributed by atoms with Crippen molar-refractivity contribution in [1.29, 1.82) is 0 Å². The largest absolute Gasteiger partial charge is 0.479 e. The molecule has 0 spiro atoms. The highest BCUT2D eigenvalue weighted by molar-refractivity contribution is 6.32. The van der Waals surface area contributed by atoms with Gasteiger partial charge in [0.15, 0.2) is 11.9 Å². The molecular formula is C23H20ClNO3. The molecule has 1 atom stereocenters. The Bertz CT molecular complexity index is 1000. The van der Waals surface area contributed by atoms with Crippen LogP contribution >= 0.6 is 11.6 Å². The summed E-state index contributed by atoms with van der Waals surface area (Å²) in [6.07, 6.45) is -0.763. The summed E-state index contributed by atoms with van der Waals surface area (Å²) in [5, 5.41) is 3.18. The van der Waals surface area contributed by atoms with E-state index in [1.807, 2.05) is 42.5 Å². The maximum atomic E-state index is 12.4. The molecule has 0 fully saturated rings. The number of nitrogens with one attached hydrogen (secondary N) is 1. The van der Waals surface area contributed by atoms with Crippen molar-refractivity contribution < 1.29 is 14.3 Å². The number of hydrogen-bond acceptors (Lipinski definition) is 3. The molecule has 0 aromatic heterocycles. The van der Waals surface area contributed by atoms with Crippen LogP contribution in [0.15, 0.2) is 72.8 Å². The molecule has 0 unspecified atom stereocenters. The maximum absolute atomic E-state index is 12.4. The Morgan fingerprint density at radius 3 is 2.36 bits per heavy atom. The fourth-order valence-electron chi connectivity index (χ4n) is 2.71. The summed E-state index contributed by atoms with van der Waals surface area (Å²) in [7, 11) is 0. The third-order valence-corrected chi connectivity index (χ3v) is 4.54. The normalized spacial score (nSPS) is 11.5. The molecule has 0 aliphatic heterocycles. The molecule has 0 heterocycles. The molecular weight excluding hydrogens is 374 g/mol. The summed E-state index contributed by atoms with van der Waals surface area (Å²) in [6, 6.07) is 22.1. The van der Waals surface area contributed by atoms with Gasteiger partial charge in [-0.1, -0.05) is 60.1 Å². The summed E-state index contributed by atoms with van der Waals surface area (Å²) in [4.78, 5) is 23.9.